The van der Waals surface area contributed by atoms with E-state index in [1.807, 2.05) is 54.6 Å². The molecule has 0 radical (unpaired) electrons. The fraction of sp³-hybridized carbons (Fsp3) is 0.368. The zero-order chi connectivity index (χ0) is 18.4. The summed E-state index contributed by atoms with van der Waals surface area (Å²) in [6, 6.07) is 16.6. The maximum atomic E-state index is 12.5. The normalized spacial score (nSPS) is 17.1. The van der Waals surface area contributed by atoms with Crippen LogP contribution in [0, 0.1) is 0 Å². The molecule has 1 aliphatic heterocycles. The lowest BCUT2D eigenvalue weighted by Crippen LogP contribution is -2.44. The first-order valence-electron chi connectivity index (χ1n) is 8.63. The van der Waals surface area contributed by atoms with E-state index in [1.54, 1.807) is 0 Å². The molecule has 0 bridgehead atoms. The SMILES string of the molecule is O=S(=O)(Cc1ccccc1)NC[C@@H](c1ccccc1Cl)N1CCOCC1. The number of hydrogen-bond acceptors (Lipinski definition) is 4. The predicted molar refractivity (Wildman–Crippen MR) is 104 cm³/mol. The number of nitrogens with one attached hydrogen (secondary N) is 1. The summed E-state index contributed by atoms with van der Waals surface area (Å²) in [6.07, 6.45) is 0. The van der Waals surface area contributed by atoms with Gasteiger partial charge in [0.15, 0.2) is 0 Å². The molecular weight excluding hydrogens is 372 g/mol. The average Bonchev–Trinajstić information content (AvgIpc) is 2.64. The Kier molecular flexibility index (Phi) is 6.67. The van der Waals surface area contributed by atoms with Crippen LogP contribution < -0.4 is 4.72 Å². The number of benzene rings is 2. The van der Waals surface area contributed by atoms with Crippen molar-refractivity contribution in [2.75, 3.05) is 32.8 Å². The molecule has 1 fully saturated rings. The molecule has 0 spiro atoms. The molecule has 7 heteroatoms. The lowest BCUT2D eigenvalue weighted by atomic mass is 10.0. The van der Waals surface area contributed by atoms with Crippen LogP contribution in [0.3, 0.4) is 0 Å². The second kappa shape index (κ2) is 8.97. The Balaban J connectivity index is 1.74. The summed E-state index contributed by atoms with van der Waals surface area (Å²) in [5.74, 6) is -0.0355. The highest BCUT2D eigenvalue weighted by atomic mass is 35.5. The summed E-state index contributed by atoms with van der Waals surface area (Å²) in [6.45, 7) is 3.04. The highest BCUT2D eigenvalue weighted by Gasteiger charge is 2.26. The van der Waals surface area contributed by atoms with Crippen molar-refractivity contribution in [1.29, 1.82) is 0 Å². The summed E-state index contributed by atoms with van der Waals surface area (Å²) < 4.78 is 33.2. The van der Waals surface area contributed by atoms with E-state index in [9.17, 15) is 8.42 Å². The van der Waals surface area contributed by atoms with Crippen LogP contribution in [0.5, 0.6) is 0 Å². The van der Waals surface area contributed by atoms with E-state index in [0.29, 0.717) is 18.2 Å². The standard InChI is InChI=1S/C19H23ClN2O3S/c20-18-9-5-4-8-17(18)19(22-10-12-25-13-11-22)14-21-26(23,24)15-16-6-2-1-3-7-16/h1-9,19,21H,10-15H2/t19-/m0/s1. The van der Waals surface area contributed by atoms with E-state index < -0.39 is 10.0 Å². The molecule has 0 aromatic heterocycles. The Hall–Kier alpha value is -1.44. The smallest absolute Gasteiger partial charge is 0.215 e. The van der Waals surface area contributed by atoms with Crippen molar-refractivity contribution in [3.8, 4) is 0 Å². The molecule has 26 heavy (non-hydrogen) atoms. The maximum absolute atomic E-state index is 12.5. The minimum Gasteiger partial charge on any atom is -0.379 e. The summed E-state index contributed by atoms with van der Waals surface area (Å²) in [4.78, 5) is 2.22. The molecule has 2 aromatic rings. The molecule has 0 saturated carbocycles. The van der Waals surface area contributed by atoms with Crippen LogP contribution in [0.25, 0.3) is 0 Å². The average molecular weight is 395 g/mol. The van der Waals surface area contributed by atoms with Crippen LogP contribution >= 0.6 is 11.6 Å². The lowest BCUT2D eigenvalue weighted by molar-refractivity contribution is 0.0172. The predicted octanol–water partition coefficient (Wildman–Crippen LogP) is 2.83. The van der Waals surface area contributed by atoms with Gasteiger partial charge in [0, 0.05) is 30.7 Å². The number of hydrogen-bond donors (Lipinski definition) is 1. The van der Waals surface area contributed by atoms with Crippen molar-refractivity contribution in [2.24, 2.45) is 0 Å². The van der Waals surface area contributed by atoms with Gasteiger partial charge in [0.1, 0.15) is 0 Å². The second-order valence-corrected chi connectivity index (χ2v) is 8.49. The van der Waals surface area contributed by atoms with E-state index in [2.05, 4.69) is 9.62 Å². The van der Waals surface area contributed by atoms with Gasteiger partial charge in [-0.1, -0.05) is 60.1 Å². The fourth-order valence-corrected chi connectivity index (χ4v) is 4.53. The number of halogens is 1. The van der Waals surface area contributed by atoms with Gasteiger partial charge in [-0.2, -0.15) is 0 Å². The van der Waals surface area contributed by atoms with Crippen LogP contribution in [-0.2, 0) is 20.5 Å². The van der Waals surface area contributed by atoms with Gasteiger partial charge in [-0.05, 0) is 17.2 Å². The van der Waals surface area contributed by atoms with Gasteiger partial charge in [-0.3, -0.25) is 4.90 Å². The van der Waals surface area contributed by atoms with Gasteiger partial charge in [0.25, 0.3) is 0 Å². The lowest BCUT2D eigenvalue weighted by Gasteiger charge is -2.35. The molecule has 0 aliphatic carbocycles. The maximum Gasteiger partial charge on any atom is 0.215 e. The van der Waals surface area contributed by atoms with E-state index >= 15 is 0 Å². The first-order chi connectivity index (χ1) is 12.6. The van der Waals surface area contributed by atoms with E-state index in [-0.39, 0.29) is 18.3 Å². The summed E-state index contributed by atoms with van der Waals surface area (Å²) in [5.41, 5.74) is 1.69. The monoisotopic (exact) mass is 394 g/mol. The first kappa shape index (κ1) is 19.3. The molecule has 1 heterocycles. The van der Waals surface area contributed by atoms with Gasteiger partial charge in [0.2, 0.25) is 10.0 Å². The van der Waals surface area contributed by atoms with Gasteiger partial charge in [0.05, 0.1) is 19.0 Å². The Labute approximate surface area is 160 Å². The third-order valence-corrected chi connectivity index (χ3v) is 6.11. The Bertz CT molecular complexity index is 809. The third kappa shape index (κ3) is 5.28. The minimum absolute atomic E-state index is 0.0355. The highest BCUT2D eigenvalue weighted by Crippen LogP contribution is 2.28. The fourth-order valence-electron chi connectivity index (χ4n) is 3.12. The largest absolute Gasteiger partial charge is 0.379 e. The zero-order valence-electron chi connectivity index (χ0n) is 14.5. The molecule has 140 valence electrons. The van der Waals surface area contributed by atoms with E-state index in [0.717, 1.165) is 24.2 Å². The summed E-state index contributed by atoms with van der Waals surface area (Å²) in [5, 5.41) is 0.645. The van der Waals surface area contributed by atoms with Gasteiger partial charge in [-0.25, -0.2) is 13.1 Å². The Morgan fingerprint density at radius 2 is 1.69 bits per heavy atom. The van der Waals surface area contributed by atoms with Crippen molar-refractivity contribution in [3.63, 3.8) is 0 Å². The number of nitrogens with zero attached hydrogens (tertiary/aromatic N) is 1. The second-order valence-electron chi connectivity index (χ2n) is 6.28. The molecule has 2 aromatic carbocycles. The highest BCUT2D eigenvalue weighted by molar-refractivity contribution is 7.88. The van der Waals surface area contributed by atoms with Crippen molar-refractivity contribution < 1.29 is 13.2 Å². The first-order valence-corrected chi connectivity index (χ1v) is 10.7. The molecule has 1 atom stereocenters. The Morgan fingerprint density at radius 3 is 2.38 bits per heavy atom. The molecule has 1 aliphatic rings. The van der Waals surface area contributed by atoms with E-state index in [1.165, 1.54) is 0 Å². The number of rotatable bonds is 7. The summed E-state index contributed by atoms with van der Waals surface area (Å²) >= 11 is 6.38. The van der Waals surface area contributed by atoms with Crippen LogP contribution in [0.2, 0.25) is 5.02 Å². The molecule has 3 rings (SSSR count). The molecule has 5 nitrogen and oxygen atoms in total. The topological polar surface area (TPSA) is 58.6 Å². The van der Waals surface area contributed by atoms with Gasteiger partial charge < -0.3 is 4.74 Å². The zero-order valence-corrected chi connectivity index (χ0v) is 16.0. The van der Waals surface area contributed by atoms with Gasteiger partial charge >= 0.3 is 0 Å². The molecule has 1 saturated heterocycles. The van der Waals surface area contributed by atoms with Crippen molar-refractivity contribution >= 4 is 21.6 Å². The van der Waals surface area contributed by atoms with Crippen molar-refractivity contribution in [2.45, 2.75) is 11.8 Å². The number of ether oxygens (including phenoxy) is 1. The van der Waals surface area contributed by atoms with Crippen LogP contribution in [0.15, 0.2) is 54.6 Å². The quantitative estimate of drug-likeness (QED) is 0.784. The van der Waals surface area contributed by atoms with E-state index in [4.69, 9.17) is 16.3 Å². The molecule has 1 N–H and O–H groups in total. The van der Waals surface area contributed by atoms with Crippen LogP contribution in [0.4, 0.5) is 0 Å². The van der Waals surface area contributed by atoms with Crippen LogP contribution in [-0.4, -0.2) is 46.2 Å². The number of sulfonamides is 1. The third-order valence-electron chi connectivity index (χ3n) is 4.45. The van der Waals surface area contributed by atoms with Gasteiger partial charge in [-0.15, -0.1) is 0 Å². The summed E-state index contributed by atoms with van der Waals surface area (Å²) in [7, 11) is -3.44. The molecular formula is C19H23ClN2O3S. The minimum atomic E-state index is -3.44. The number of morpholine rings is 1. The van der Waals surface area contributed by atoms with Crippen molar-refractivity contribution in [3.05, 3.63) is 70.7 Å². The Morgan fingerprint density at radius 1 is 1.04 bits per heavy atom. The van der Waals surface area contributed by atoms with Crippen molar-refractivity contribution in [1.82, 2.24) is 9.62 Å². The molecule has 0 amide bonds. The molecule has 0 unspecified atom stereocenters. The van der Waals surface area contributed by atoms with Crippen LogP contribution in [0.1, 0.15) is 17.2 Å².